The molecule has 1 heterocycles. The molecule has 122 valence electrons. The smallest absolute Gasteiger partial charge is 0.247 e. The average molecular weight is 381 g/mol. The van der Waals surface area contributed by atoms with E-state index in [0.29, 0.717) is 12.3 Å². The summed E-state index contributed by atoms with van der Waals surface area (Å²) in [6, 6.07) is 1.50. The largest absolute Gasteiger partial charge is 0.452 e. The fourth-order valence-electron chi connectivity index (χ4n) is 1.84. The van der Waals surface area contributed by atoms with Crippen LogP contribution in [0.1, 0.15) is 39.9 Å². The minimum absolute atomic E-state index is 0.0848. The van der Waals surface area contributed by atoms with Crippen molar-refractivity contribution in [3.05, 3.63) is 16.5 Å². The molecule has 7 heteroatoms. The van der Waals surface area contributed by atoms with Gasteiger partial charge in [-0.25, -0.2) is 8.42 Å². The number of hydrogen-bond donors (Lipinski definition) is 1. The van der Waals surface area contributed by atoms with Crippen LogP contribution in [0.15, 0.2) is 20.0 Å². The van der Waals surface area contributed by atoms with Gasteiger partial charge in [0.2, 0.25) is 10.0 Å². The summed E-state index contributed by atoms with van der Waals surface area (Å²) in [5.74, 6) is 0.848. The molecule has 0 aliphatic rings. The Balaban J connectivity index is 2.98. The van der Waals surface area contributed by atoms with Crippen molar-refractivity contribution < 1.29 is 12.8 Å². The van der Waals surface area contributed by atoms with Gasteiger partial charge in [0, 0.05) is 19.2 Å². The second-order valence-electron chi connectivity index (χ2n) is 5.53. The van der Waals surface area contributed by atoms with Gasteiger partial charge in [-0.3, -0.25) is 0 Å². The molecule has 0 aliphatic carbocycles. The SMILES string of the molecule is CCCNCc1cc(S(=O)(=O)N(C)C(C)C(C)C)c(Br)o1. The van der Waals surface area contributed by atoms with Crippen molar-refractivity contribution in [1.29, 1.82) is 0 Å². The molecular formula is C14H25BrN2O3S. The monoisotopic (exact) mass is 380 g/mol. The highest BCUT2D eigenvalue weighted by Crippen LogP contribution is 2.30. The van der Waals surface area contributed by atoms with E-state index in [1.54, 1.807) is 13.1 Å². The number of nitrogens with zero attached hydrogens (tertiary/aromatic N) is 1. The lowest BCUT2D eigenvalue weighted by atomic mass is 10.1. The van der Waals surface area contributed by atoms with E-state index in [0.717, 1.165) is 13.0 Å². The molecule has 0 aliphatic heterocycles. The maximum absolute atomic E-state index is 12.7. The minimum atomic E-state index is -3.56. The lowest BCUT2D eigenvalue weighted by molar-refractivity contribution is 0.315. The van der Waals surface area contributed by atoms with Gasteiger partial charge < -0.3 is 9.73 Å². The number of halogens is 1. The highest BCUT2D eigenvalue weighted by atomic mass is 79.9. The quantitative estimate of drug-likeness (QED) is 0.703. The summed E-state index contributed by atoms with van der Waals surface area (Å²) in [5, 5.41) is 3.19. The molecule has 0 bridgehead atoms. The molecule has 0 aromatic carbocycles. The van der Waals surface area contributed by atoms with Crippen molar-refractivity contribution in [2.45, 2.75) is 51.6 Å². The Morgan fingerprint density at radius 2 is 2.00 bits per heavy atom. The van der Waals surface area contributed by atoms with Gasteiger partial charge in [0.25, 0.3) is 0 Å². The number of hydrogen-bond acceptors (Lipinski definition) is 4. The van der Waals surface area contributed by atoms with Crippen molar-refractivity contribution in [1.82, 2.24) is 9.62 Å². The van der Waals surface area contributed by atoms with Crippen LogP contribution in [0.3, 0.4) is 0 Å². The van der Waals surface area contributed by atoms with Crippen molar-refractivity contribution in [3.63, 3.8) is 0 Å². The van der Waals surface area contributed by atoms with E-state index < -0.39 is 10.0 Å². The number of sulfonamides is 1. The van der Waals surface area contributed by atoms with E-state index in [1.807, 2.05) is 20.8 Å². The summed E-state index contributed by atoms with van der Waals surface area (Å²) in [5.41, 5.74) is 0. The van der Waals surface area contributed by atoms with Crippen LogP contribution in [0.2, 0.25) is 0 Å². The van der Waals surface area contributed by atoms with E-state index in [9.17, 15) is 8.42 Å². The molecule has 0 spiro atoms. The second kappa shape index (κ2) is 7.76. The van der Waals surface area contributed by atoms with Gasteiger partial charge in [-0.2, -0.15) is 4.31 Å². The third kappa shape index (κ3) is 4.55. The molecular weight excluding hydrogens is 356 g/mol. The van der Waals surface area contributed by atoms with Crippen LogP contribution in [0, 0.1) is 5.92 Å². The average Bonchev–Trinajstić information content (AvgIpc) is 2.79. The Bertz CT molecular complexity index is 555. The molecule has 0 amide bonds. The van der Waals surface area contributed by atoms with Crippen molar-refractivity contribution in [3.8, 4) is 0 Å². The third-order valence-corrected chi connectivity index (χ3v) is 6.43. The summed E-state index contributed by atoms with van der Waals surface area (Å²) in [7, 11) is -1.95. The topological polar surface area (TPSA) is 62.6 Å². The molecule has 1 N–H and O–H groups in total. The summed E-state index contributed by atoms with van der Waals surface area (Å²) >= 11 is 3.22. The maximum atomic E-state index is 12.7. The summed E-state index contributed by atoms with van der Waals surface area (Å²) in [6.45, 7) is 9.36. The van der Waals surface area contributed by atoms with E-state index in [-0.39, 0.29) is 21.5 Å². The highest BCUT2D eigenvalue weighted by molar-refractivity contribution is 9.10. The first-order valence-electron chi connectivity index (χ1n) is 7.18. The summed E-state index contributed by atoms with van der Waals surface area (Å²) in [4.78, 5) is 0.186. The van der Waals surface area contributed by atoms with Gasteiger partial charge in [0.1, 0.15) is 10.7 Å². The van der Waals surface area contributed by atoms with Crippen LogP contribution in [0.4, 0.5) is 0 Å². The highest BCUT2D eigenvalue weighted by Gasteiger charge is 2.31. The molecule has 5 nitrogen and oxygen atoms in total. The predicted molar refractivity (Wildman–Crippen MR) is 87.7 cm³/mol. The first-order valence-corrected chi connectivity index (χ1v) is 9.42. The molecule has 21 heavy (non-hydrogen) atoms. The molecule has 1 unspecified atom stereocenters. The zero-order valence-electron chi connectivity index (χ0n) is 13.3. The molecule has 0 saturated carbocycles. The first kappa shape index (κ1) is 18.7. The molecule has 0 fully saturated rings. The van der Waals surface area contributed by atoms with Gasteiger partial charge in [-0.15, -0.1) is 0 Å². The Kier molecular flexibility index (Phi) is 6.90. The Hall–Kier alpha value is -0.370. The van der Waals surface area contributed by atoms with Crippen molar-refractivity contribution in [2.75, 3.05) is 13.6 Å². The fourth-order valence-corrected chi connectivity index (χ4v) is 4.30. The number of rotatable bonds is 8. The summed E-state index contributed by atoms with van der Waals surface area (Å²) < 4.78 is 32.5. The lowest BCUT2D eigenvalue weighted by Gasteiger charge is -2.26. The normalized spacial score (nSPS) is 14.1. The van der Waals surface area contributed by atoms with E-state index in [4.69, 9.17) is 4.42 Å². The van der Waals surface area contributed by atoms with Gasteiger partial charge in [-0.1, -0.05) is 20.8 Å². The molecule has 0 radical (unpaired) electrons. The Morgan fingerprint density at radius 3 is 2.52 bits per heavy atom. The van der Waals surface area contributed by atoms with Gasteiger partial charge in [0.05, 0.1) is 6.54 Å². The molecule has 1 aromatic rings. The molecule has 1 atom stereocenters. The van der Waals surface area contributed by atoms with Gasteiger partial charge in [0.15, 0.2) is 4.67 Å². The van der Waals surface area contributed by atoms with Crippen LogP contribution in [-0.2, 0) is 16.6 Å². The Morgan fingerprint density at radius 1 is 1.38 bits per heavy atom. The molecule has 1 rings (SSSR count). The molecule has 0 saturated heterocycles. The van der Waals surface area contributed by atoms with E-state index in [2.05, 4.69) is 28.2 Å². The van der Waals surface area contributed by atoms with Gasteiger partial charge >= 0.3 is 0 Å². The standard InChI is InChI=1S/C14H25BrN2O3S/c1-6-7-16-9-12-8-13(14(15)20-12)21(18,19)17(5)11(4)10(2)3/h8,10-11,16H,6-7,9H2,1-5H3. The minimum Gasteiger partial charge on any atom is -0.452 e. The third-order valence-electron chi connectivity index (χ3n) is 3.63. The molecule has 1 aromatic heterocycles. The van der Waals surface area contributed by atoms with Crippen molar-refractivity contribution in [2.24, 2.45) is 5.92 Å². The van der Waals surface area contributed by atoms with Crippen LogP contribution in [-0.4, -0.2) is 32.4 Å². The zero-order valence-corrected chi connectivity index (χ0v) is 15.7. The van der Waals surface area contributed by atoms with E-state index >= 15 is 0 Å². The lowest BCUT2D eigenvalue weighted by Crippen LogP contribution is -2.38. The second-order valence-corrected chi connectivity index (χ2v) is 8.22. The van der Waals surface area contributed by atoms with Gasteiger partial charge in [-0.05, 0) is 41.7 Å². The Labute approximate surface area is 136 Å². The number of furan rings is 1. The maximum Gasteiger partial charge on any atom is 0.247 e. The predicted octanol–water partition coefficient (Wildman–Crippen LogP) is 3.21. The van der Waals surface area contributed by atoms with Crippen LogP contribution in [0.5, 0.6) is 0 Å². The zero-order chi connectivity index (χ0) is 16.2. The van der Waals surface area contributed by atoms with Crippen LogP contribution in [0.25, 0.3) is 0 Å². The summed E-state index contributed by atoms with van der Waals surface area (Å²) in [6.07, 6.45) is 1.02. The fraction of sp³-hybridized carbons (Fsp3) is 0.714. The number of nitrogens with one attached hydrogen (secondary N) is 1. The van der Waals surface area contributed by atoms with Crippen LogP contribution < -0.4 is 5.32 Å². The first-order chi connectivity index (χ1) is 9.71. The van der Waals surface area contributed by atoms with Crippen LogP contribution >= 0.6 is 15.9 Å². The van der Waals surface area contributed by atoms with E-state index in [1.165, 1.54) is 4.31 Å². The van der Waals surface area contributed by atoms with Crippen molar-refractivity contribution >= 4 is 26.0 Å².